The first-order valence-electron chi connectivity index (χ1n) is 10.9. The van der Waals surface area contributed by atoms with Gasteiger partial charge in [-0.3, -0.25) is 0 Å². The van der Waals surface area contributed by atoms with Gasteiger partial charge in [-0.25, -0.2) is 9.97 Å². The van der Waals surface area contributed by atoms with E-state index in [9.17, 15) is 0 Å². The molecule has 0 aromatic carbocycles. The van der Waals surface area contributed by atoms with Crippen molar-refractivity contribution >= 4 is 33.5 Å². The maximum atomic E-state index is 6.52. The van der Waals surface area contributed by atoms with Crippen LogP contribution in [0.4, 0.5) is 5.95 Å². The van der Waals surface area contributed by atoms with Crippen molar-refractivity contribution in [2.24, 2.45) is 17.8 Å². The summed E-state index contributed by atoms with van der Waals surface area (Å²) in [4.78, 5) is 11.0. The molecule has 4 rings (SSSR count). The SMILES string of the molecule is COCc1cnc(N2CCC([C@H]3C[C@H]3CCOC3=CC=C(Br)C(C)(Cl)C3)CC2)nc1. The first kappa shape index (κ1) is 22.1. The van der Waals surface area contributed by atoms with Crippen LogP contribution in [0.3, 0.4) is 0 Å². The molecular weight excluding hydrogens is 466 g/mol. The molecule has 2 fully saturated rings. The van der Waals surface area contributed by atoms with Crippen LogP contribution in [-0.2, 0) is 16.1 Å². The normalized spacial score (nSPS) is 29.4. The van der Waals surface area contributed by atoms with Crippen molar-refractivity contribution in [3.8, 4) is 0 Å². The molecule has 1 saturated heterocycles. The highest BCUT2D eigenvalue weighted by molar-refractivity contribution is 9.11. The second-order valence-corrected chi connectivity index (χ2v) is 10.7. The molecule has 5 nitrogen and oxygen atoms in total. The number of hydrogen-bond donors (Lipinski definition) is 0. The number of methoxy groups -OCH3 is 1. The fourth-order valence-corrected chi connectivity index (χ4v) is 5.18. The van der Waals surface area contributed by atoms with E-state index in [1.165, 1.54) is 19.3 Å². The number of aromatic nitrogens is 2. The fraction of sp³-hybridized carbons (Fsp3) is 0.652. The van der Waals surface area contributed by atoms with Gasteiger partial charge in [-0.1, -0.05) is 15.9 Å². The Kier molecular flexibility index (Phi) is 7.05. The van der Waals surface area contributed by atoms with E-state index >= 15 is 0 Å². The van der Waals surface area contributed by atoms with E-state index in [2.05, 4.69) is 30.8 Å². The third-order valence-corrected chi connectivity index (χ3v) is 8.31. The van der Waals surface area contributed by atoms with Crippen LogP contribution < -0.4 is 4.90 Å². The summed E-state index contributed by atoms with van der Waals surface area (Å²) in [6.45, 7) is 5.48. The Hall–Kier alpha value is -1.11. The fourth-order valence-electron chi connectivity index (χ4n) is 4.71. The van der Waals surface area contributed by atoms with Crippen molar-refractivity contribution in [1.29, 1.82) is 0 Å². The first-order chi connectivity index (χ1) is 14.5. The quantitative estimate of drug-likeness (QED) is 0.448. The molecule has 1 aliphatic heterocycles. The Balaban J connectivity index is 1.17. The van der Waals surface area contributed by atoms with Crippen LogP contribution >= 0.6 is 27.5 Å². The molecule has 0 spiro atoms. The zero-order valence-corrected chi connectivity index (χ0v) is 20.2. The predicted octanol–water partition coefficient (Wildman–Crippen LogP) is 5.45. The van der Waals surface area contributed by atoms with Crippen LogP contribution in [0, 0.1) is 17.8 Å². The van der Waals surface area contributed by atoms with Gasteiger partial charge < -0.3 is 14.4 Å². The van der Waals surface area contributed by atoms with E-state index in [1.807, 2.05) is 31.5 Å². The van der Waals surface area contributed by atoms with Gasteiger partial charge in [0.05, 0.1) is 23.8 Å². The van der Waals surface area contributed by atoms with Crippen LogP contribution in [0.25, 0.3) is 0 Å². The molecule has 1 aromatic heterocycles. The highest BCUT2D eigenvalue weighted by Crippen LogP contribution is 2.50. The van der Waals surface area contributed by atoms with Gasteiger partial charge in [0.2, 0.25) is 5.95 Å². The number of allylic oxidation sites excluding steroid dienone is 4. The summed E-state index contributed by atoms with van der Waals surface area (Å²) < 4.78 is 12.2. The average molecular weight is 497 g/mol. The van der Waals surface area contributed by atoms with E-state index in [0.29, 0.717) is 6.61 Å². The monoisotopic (exact) mass is 495 g/mol. The summed E-state index contributed by atoms with van der Waals surface area (Å²) in [5.41, 5.74) is 1.02. The van der Waals surface area contributed by atoms with Gasteiger partial charge >= 0.3 is 0 Å². The van der Waals surface area contributed by atoms with Crippen molar-refractivity contribution < 1.29 is 9.47 Å². The maximum absolute atomic E-state index is 6.52. The predicted molar refractivity (Wildman–Crippen MR) is 124 cm³/mol. The molecular formula is C23H31BrClN3O2. The number of hydrogen-bond acceptors (Lipinski definition) is 5. The smallest absolute Gasteiger partial charge is 0.225 e. The van der Waals surface area contributed by atoms with Crippen molar-refractivity contribution in [1.82, 2.24) is 9.97 Å². The summed E-state index contributed by atoms with van der Waals surface area (Å²) in [5.74, 6) is 4.37. The molecule has 164 valence electrons. The topological polar surface area (TPSA) is 47.5 Å². The Bertz CT molecular complexity index is 788. The lowest BCUT2D eigenvalue weighted by atomic mass is 9.90. The van der Waals surface area contributed by atoms with Gasteiger partial charge in [0.25, 0.3) is 0 Å². The van der Waals surface area contributed by atoms with E-state index in [1.54, 1.807) is 7.11 Å². The molecule has 1 aromatic rings. The summed E-state index contributed by atoms with van der Waals surface area (Å²) in [6.07, 6.45) is 13.5. The van der Waals surface area contributed by atoms with E-state index in [-0.39, 0.29) is 4.87 Å². The summed E-state index contributed by atoms with van der Waals surface area (Å²) in [7, 11) is 1.69. The van der Waals surface area contributed by atoms with E-state index < -0.39 is 0 Å². The maximum Gasteiger partial charge on any atom is 0.225 e. The first-order valence-corrected chi connectivity index (χ1v) is 12.1. The third kappa shape index (κ3) is 5.38. The second kappa shape index (κ2) is 9.58. The van der Waals surface area contributed by atoms with E-state index in [0.717, 1.165) is 72.0 Å². The molecule has 7 heteroatoms. The van der Waals surface area contributed by atoms with Gasteiger partial charge in [0.1, 0.15) is 0 Å². The highest BCUT2D eigenvalue weighted by atomic mass is 79.9. The summed E-state index contributed by atoms with van der Waals surface area (Å²) >= 11 is 10.1. The number of anilines is 1. The number of rotatable bonds is 8. The highest BCUT2D eigenvalue weighted by Gasteiger charge is 2.43. The molecule has 0 amide bonds. The molecule has 1 unspecified atom stereocenters. The van der Waals surface area contributed by atoms with Gasteiger partial charge in [-0.15, -0.1) is 11.6 Å². The summed E-state index contributed by atoms with van der Waals surface area (Å²) in [5, 5.41) is 0. The lowest BCUT2D eigenvalue weighted by Gasteiger charge is -2.32. The van der Waals surface area contributed by atoms with Crippen molar-refractivity contribution in [2.75, 3.05) is 31.7 Å². The van der Waals surface area contributed by atoms with Gasteiger partial charge in [-0.2, -0.15) is 0 Å². The lowest BCUT2D eigenvalue weighted by molar-refractivity contribution is 0.184. The Morgan fingerprint density at radius 3 is 2.63 bits per heavy atom. The number of nitrogens with zero attached hydrogens (tertiary/aromatic N) is 3. The molecule has 0 radical (unpaired) electrons. The van der Waals surface area contributed by atoms with Crippen LogP contribution in [0.2, 0.25) is 0 Å². The third-order valence-electron chi connectivity index (χ3n) is 6.60. The zero-order chi connectivity index (χ0) is 21.1. The molecule has 2 heterocycles. The van der Waals surface area contributed by atoms with Crippen LogP contribution in [0.15, 0.2) is 34.8 Å². The molecule has 30 heavy (non-hydrogen) atoms. The number of alkyl halides is 1. The standard InChI is InChI=1S/C23H31BrClN3O2/c1-23(25)12-19(3-4-21(23)24)30-10-7-18-11-20(18)17-5-8-28(9-6-17)22-26-13-16(14-27-22)15-29-2/h3-4,13-14,17-18,20H,5-12,15H2,1-2H3/t18-,20-,23?/m1/s1. The van der Waals surface area contributed by atoms with Crippen LogP contribution in [0.5, 0.6) is 0 Å². The van der Waals surface area contributed by atoms with E-state index in [4.69, 9.17) is 21.1 Å². The Morgan fingerprint density at radius 1 is 1.23 bits per heavy atom. The number of ether oxygens (including phenoxy) is 2. The minimum Gasteiger partial charge on any atom is -0.498 e. The second-order valence-electron chi connectivity index (χ2n) is 8.97. The molecule has 3 atom stereocenters. The summed E-state index contributed by atoms with van der Waals surface area (Å²) in [6, 6.07) is 0. The molecule has 1 saturated carbocycles. The van der Waals surface area contributed by atoms with Gasteiger partial charge in [0, 0.05) is 49.1 Å². The largest absolute Gasteiger partial charge is 0.498 e. The molecule has 0 bridgehead atoms. The van der Waals surface area contributed by atoms with Crippen molar-refractivity contribution in [2.45, 2.75) is 50.5 Å². The molecule has 0 N–H and O–H groups in total. The lowest BCUT2D eigenvalue weighted by Crippen LogP contribution is -2.35. The van der Waals surface area contributed by atoms with Crippen molar-refractivity contribution in [3.05, 3.63) is 40.4 Å². The van der Waals surface area contributed by atoms with Crippen molar-refractivity contribution in [3.63, 3.8) is 0 Å². The Labute approximate surface area is 193 Å². The van der Waals surface area contributed by atoms with Gasteiger partial charge in [-0.05, 0) is 62.5 Å². The van der Waals surface area contributed by atoms with Gasteiger partial charge in [0.15, 0.2) is 0 Å². The van der Waals surface area contributed by atoms with Crippen LogP contribution in [0.1, 0.15) is 44.6 Å². The zero-order valence-electron chi connectivity index (χ0n) is 17.8. The Morgan fingerprint density at radius 2 is 1.97 bits per heavy atom. The number of halogens is 2. The minimum absolute atomic E-state index is 0.381. The average Bonchev–Trinajstić information content (AvgIpc) is 3.51. The molecule has 2 aliphatic carbocycles. The number of piperidine rings is 1. The molecule has 3 aliphatic rings. The van der Waals surface area contributed by atoms with Crippen LogP contribution in [-0.4, -0.2) is 41.6 Å². The minimum atomic E-state index is -0.381.